The number of carbonyl (C=O) groups is 2. The Labute approximate surface area is 206 Å². The van der Waals surface area contributed by atoms with Gasteiger partial charge in [0.25, 0.3) is 0 Å². The number of methoxy groups -OCH3 is 1. The zero-order chi connectivity index (χ0) is 25.1. The normalized spacial score (nSPS) is 16.1. The number of amides is 1. The highest BCUT2D eigenvalue weighted by atomic mass is 35.5. The van der Waals surface area contributed by atoms with Gasteiger partial charge in [-0.15, -0.1) is 0 Å². The van der Waals surface area contributed by atoms with Gasteiger partial charge in [0.05, 0.1) is 36.8 Å². The van der Waals surface area contributed by atoms with E-state index in [4.69, 9.17) is 21.1 Å². The summed E-state index contributed by atoms with van der Waals surface area (Å²) >= 11 is 5.95. The van der Waals surface area contributed by atoms with Crippen LogP contribution in [-0.4, -0.2) is 46.8 Å². The minimum absolute atomic E-state index is 0.0438. The molecule has 1 aliphatic heterocycles. The molecule has 1 saturated heterocycles. The van der Waals surface area contributed by atoms with Gasteiger partial charge in [-0.2, -0.15) is 0 Å². The van der Waals surface area contributed by atoms with Gasteiger partial charge < -0.3 is 14.8 Å². The molecule has 1 amide bonds. The number of aryl methyl sites for hydroxylation is 1. The van der Waals surface area contributed by atoms with Crippen molar-refractivity contribution in [1.82, 2.24) is 15.0 Å². The first kappa shape index (κ1) is 24.3. The lowest BCUT2D eigenvalue weighted by atomic mass is 10.1. The number of nitrogens with zero attached hydrogens (tertiary/aromatic N) is 4. The SMILES string of the molecule is COC(=O)c1nc(Cl)ccc1N[C@H](C)c1cc(C)cc(N2C(=O)OC[C@@H]2Cc2ccncc2F)n1. The van der Waals surface area contributed by atoms with E-state index in [1.54, 1.807) is 24.3 Å². The third-order valence-electron chi connectivity index (χ3n) is 5.55. The summed E-state index contributed by atoms with van der Waals surface area (Å²) in [5.74, 6) is -0.690. The van der Waals surface area contributed by atoms with Gasteiger partial charge in [0.15, 0.2) is 5.69 Å². The molecule has 9 nitrogen and oxygen atoms in total. The molecule has 35 heavy (non-hydrogen) atoms. The van der Waals surface area contributed by atoms with Crippen LogP contribution in [-0.2, 0) is 15.9 Å². The fraction of sp³-hybridized carbons (Fsp3) is 0.292. The van der Waals surface area contributed by atoms with E-state index >= 15 is 0 Å². The number of hydrogen-bond acceptors (Lipinski definition) is 8. The Morgan fingerprint density at radius 3 is 2.89 bits per heavy atom. The van der Waals surface area contributed by atoms with Crippen molar-refractivity contribution in [2.24, 2.45) is 0 Å². The molecule has 3 aromatic heterocycles. The third-order valence-corrected chi connectivity index (χ3v) is 5.76. The third kappa shape index (κ3) is 5.32. The van der Waals surface area contributed by atoms with Crippen LogP contribution in [0.3, 0.4) is 0 Å². The second-order valence-corrected chi connectivity index (χ2v) is 8.47. The van der Waals surface area contributed by atoms with Gasteiger partial charge in [0, 0.05) is 6.20 Å². The molecule has 1 aliphatic rings. The molecule has 2 atom stereocenters. The molecule has 3 aromatic rings. The molecule has 1 N–H and O–H groups in total. The second-order valence-electron chi connectivity index (χ2n) is 8.09. The molecule has 11 heteroatoms. The van der Waals surface area contributed by atoms with Crippen LogP contribution in [0.1, 0.15) is 40.3 Å². The van der Waals surface area contributed by atoms with Crippen molar-refractivity contribution < 1.29 is 23.5 Å². The zero-order valence-electron chi connectivity index (χ0n) is 19.3. The van der Waals surface area contributed by atoms with Crippen LogP contribution in [0.2, 0.25) is 5.15 Å². The summed E-state index contributed by atoms with van der Waals surface area (Å²) in [5, 5.41) is 3.36. The van der Waals surface area contributed by atoms with Crippen LogP contribution in [0.15, 0.2) is 42.7 Å². The number of nitrogens with one attached hydrogen (secondary N) is 1. The van der Waals surface area contributed by atoms with Crippen LogP contribution in [0.25, 0.3) is 0 Å². The summed E-state index contributed by atoms with van der Waals surface area (Å²) in [5.41, 5.74) is 2.36. The van der Waals surface area contributed by atoms with Crippen LogP contribution in [0, 0.1) is 12.7 Å². The summed E-state index contributed by atoms with van der Waals surface area (Å²) in [7, 11) is 1.26. The molecular weight excluding hydrogens is 477 g/mol. The van der Waals surface area contributed by atoms with Gasteiger partial charge in [-0.05, 0) is 61.7 Å². The van der Waals surface area contributed by atoms with Gasteiger partial charge in [0.2, 0.25) is 0 Å². The number of ether oxygens (including phenoxy) is 2. The Kier molecular flexibility index (Phi) is 7.11. The van der Waals surface area contributed by atoms with Crippen molar-refractivity contribution in [1.29, 1.82) is 0 Å². The molecule has 182 valence electrons. The first-order valence-electron chi connectivity index (χ1n) is 10.8. The summed E-state index contributed by atoms with van der Waals surface area (Å²) in [6.07, 6.45) is 2.34. The minimum atomic E-state index is -0.633. The Bertz CT molecular complexity index is 1270. The summed E-state index contributed by atoms with van der Waals surface area (Å²) in [6.45, 7) is 3.84. The highest BCUT2D eigenvalue weighted by Gasteiger charge is 2.36. The Balaban J connectivity index is 1.62. The maximum atomic E-state index is 14.2. The highest BCUT2D eigenvalue weighted by Crippen LogP contribution is 2.29. The highest BCUT2D eigenvalue weighted by molar-refractivity contribution is 6.29. The van der Waals surface area contributed by atoms with Crippen LogP contribution in [0.5, 0.6) is 0 Å². The average Bonchev–Trinajstić information content (AvgIpc) is 3.20. The fourth-order valence-corrected chi connectivity index (χ4v) is 3.99. The first-order chi connectivity index (χ1) is 16.8. The van der Waals surface area contributed by atoms with Crippen molar-refractivity contribution >= 4 is 35.2 Å². The largest absolute Gasteiger partial charge is 0.464 e. The molecule has 0 aromatic carbocycles. The van der Waals surface area contributed by atoms with E-state index in [1.807, 2.05) is 19.9 Å². The minimum Gasteiger partial charge on any atom is -0.464 e. The summed E-state index contributed by atoms with van der Waals surface area (Å²) in [6, 6.07) is 7.58. The number of anilines is 2. The van der Waals surface area contributed by atoms with E-state index in [0.717, 1.165) is 11.8 Å². The molecule has 0 radical (unpaired) electrons. The Morgan fingerprint density at radius 1 is 1.34 bits per heavy atom. The average molecular weight is 500 g/mol. The summed E-state index contributed by atoms with van der Waals surface area (Å²) in [4.78, 5) is 38.7. The van der Waals surface area contributed by atoms with Gasteiger partial charge in [-0.1, -0.05) is 11.6 Å². The number of carbonyl (C=O) groups excluding carboxylic acids is 2. The lowest BCUT2D eigenvalue weighted by molar-refractivity contribution is 0.0595. The number of pyridine rings is 3. The van der Waals surface area contributed by atoms with E-state index < -0.39 is 23.9 Å². The maximum Gasteiger partial charge on any atom is 0.415 e. The smallest absolute Gasteiger partial charge is 0.415 e. The van der Waals surface area contributed by atoms with Gasteiger partial charge in [0.1, 0.15) is 23.4 Å². The standard InChI is InChI=1S/C24H23ClFN5O4/c1-13-8-19(14(2)28-18-4-5-20(25)30-22(18)23(32)34-3)29-21(9-13)31-16(12-35-24(31)33)10-15-6-7-27-11-17(15)26/h4-9,11,14,16,28H,10,12H2,1-3H3/t14-,16+/m1/s1. The van der Waals surface area contributed by atoms with Crippen LogP contribution < -0.4 is 10.2 Å². The lowest BCUT2D eigenvalue weighted by Gasteiger charge is -2.23. The molecule has 0 saturated carbocycles. The number of rotatable bonds is 7. The number of halogens is 2. The molecule has 4 rings (SSSR count). The van der Waals surface area contributed by atoms with Crippen molar-refractivity contribution in [3.63, 3.8) is 0 Å². The Hall–Kier alpha value is -3.79. The number of esters is 1. The summed E-state index contributed by atoms with van der Waals surface area (Å²) < 4.78 is 24.2. The molecule has 0 aliphatic carbocycles. The second kappa shape index (κ2) is 10.2. The molecular formula is C24H23ClFN5O4. The number of cyclic esters (lactones) is 1. The molecule has 4 heterocycles. The lowest BCUT2D eigenvalue weighted by Crippen LogP contribution is -2.36. The van der Waals surface area contributed by atoms with Gasteiger partial charge in [-0.25, -0.2) is 23.9 Å². The Morgan fingerprint density at radius 2 is 2.14 bits per heavy atom. The van der Waals surface area contributed by atoms with Crippen molar-refractivity contribution in [2.75, 3.05) is 23.9 Å². The van der Waals surface area contributed by atoms with Crippen LogP contribution >= 0.6 is 11.6 Å². The molecule has 0 spiro atoms. The number of hydrogen-bond donors (Lipinski definition) is 1. The van der Waals surface area contributed by atoms with Crippen molar-refractivity contribution in [3.8, 4) is 0 Å². The maximum absolute atomic E-state index is 14.2. The quantitative estimate of drug-likeness (QED) is 0.374. The van der Waals surface area contributed by atoms with Gasteiger partial charge >= 0.3 is 12.1 Å². The van der Waals surface area contributed by atoms with Crippen molar-refractivity contribution in [2.45, 2.75) is 32.4 Å². The van der Waals surface area contributed by atoms with E-state index in [0.29, 0.717) is 22.8 Å². The van der Waals surface area contributed by atoms with Crippen molar-refractivity contribution in [3.05, 3.63) is 76.2 Å². The van der Waals surface area contributed by atoms with E-state index in [2.05, 4.69) is 20.3 Å². The van der Waals surface area contributed by atoms with E-state index in [9.17, 15) is 14.0 Å². The van der Waals surface area contributed by atoms with E-state index in [-0.39, 0.29) is 29.9 Å². The van der Waals surface area contributed by atoms with E-state index in [1.165, 1.54) is 18.2 Å². The molecule has 0 unspecified atom stereocenters. The molecule has 1 fully saturated rings. The monoisotopic (exact) mass is 499 g/mol. The van der Waals surface area contributed by atoms with Crippen LogP contribution in [0.4, 0.5) is 20.7 Å². The zero-order valence-corrected chi connectivity index (χ0v) is 20.0. The molecule has 0 bridgehead atoms. The fourth-order valence-electron chi connectivity index (χ4n) is 3.85. The number of aromatic nitrogens is 3. The predicted molar refractivity (Wildman–Crippen MR) is 127 cm³/mol. The predicted octanol–water partition coefficient (Wildman–Crippen LogP) is 4.50. The van der Waals surface area contributed by atoms with Gasteiger partial charge in [-0.3, -0.25) is 9.88 Å². The topological polar surface area (TPSA) is 107 Å². The first-order valence-corrected chi connectivity index (χ1v) is 11.2.